The molecule has 0 saturated heterocycles. The second-order valence-corrected chi connectivity index (χ2v) is 17.6. The summed E-state index contributed by atoms with van der Waals surface area (Å²) in [6.45, 7) is 15.8. The standard InChI is InChI=1S/C56H47N/c1-7-8-23-42-35(2)37-33-32-36(34-49(37)54(42,3)4)57(50-30-17-28-47-52(50)40-21-11-13-24-43(40)55(47,5)6)51-31-18-29-48-53(51)41-22-12-16-27-46(41)56(48)44-25-14-9-19-38(44)39-20-10-15-26-45(39)56/h7-26,28-34,46H,1,27H2,2-6H3/b23-8-. The molecule has 0 fully saturated rings. The fourth-order valence-corrected chi connectivity index (χ4v) is 11.9. The molecule has 1 spiro atoms. The van der Waals surface area contributed by atoms with Crippen molar-refractivity contribution in [3.63, 3.8) is 0 Å². The molecule has 6 aromatic carbocycles. The number of benzene rings is 6. The molecule has 276 valence electrons. The van der Waals surface area contributed by atoms with Gasteiger partial charge < -0.3 is 4.90 Å². The quantitative estimate of drug-likeness (QED) is 0.160. The van der Waals surface area contributed by atoms with Gasteiger partial charge in [-0.15, -0.1) is 0 Å². The number of nitrogens with zero attached hydrogens (tertiary/aromatic N) is 1. The molecule has 5 aliphatic rings. The molecule has 5 aliphatic carbocycles. The Morgan fingerprint density at radius 1 is 0.596 bits per heavy atom. The van der Waals surface area contributed by atoms with E-state index in [-0.39, 0.29) is 22.2 Å². The molecule has 0 aromatic heterocycles. The fraction of sp³-hybridized carbons (Fsp3) is 0.179. The van der Waals surface area contributed by atoms with Gasteiger partial charge in [-0.25, -0.2) is 0 Å². The Labute approximate surface area is 337 Å². The molecule has 1 unspecified atom stereocenters. The summed E-state index contributed by atoms with van der Waals surface area (Å²) < 4.78 is 0. The highest BCUT2D eigenvalue weighted by atomic mass is 15.2. The summed E-state index contributed by atoms with van der Waals surface area (Å²) in [7, 11) is 0. The maximum Gasteiger partial charge on any atom is 0.0543 e. The lowest BCUT2D eigenvalue weighted by atomic mass is 9.65. The molecule has 0 radical (unpaired) electrons. The summed E-state index contributed by atoms with van der Waals surface area (Å²) in [6.07, 6.45) is 14.3. The highest BCUT2D eigenvalue weighted by Gasteiger charge is 2.57. The van der Waals surface area contributed by atoms with Crippen molar-refractivity contribution >= 4 is 28.2 Å². The number of rotatable bonds is 5. The Morgan fingerprint density at radius 2 is 1.21 bits per heavy atom. The molecule has 0 bridgehead atoms. The second kappa shape index (κ2) is 11.9. The van der Waals surface area contributed by atoms with E-state index in [1.54, 1.807) is 0 Å². The van der Waals surface area contributed by atoms with Crippen molar-refractivity contribution in [3.05, 3.63) is 221 Å². The van der Waals surface area contributed by atoms with Crippen molar-refractivity contribution in [2.45, 2.75) is 57.3 Å². The van der Waals surface area contributed by atoms with Crippen LogP contribution in [0.3, 0.4) is 0 Å². The number of allylic oxidation sites excluding steroid dienone is 9. The van der Waals surface area contributed by atoms with Gasteiger partial charge in [0, 0.05) is 33.6 Å². The van der Waals surface area contributed by atoms with Gasteiger partial charge in [0.05, 0.1) is 16.8 Å². The molecule has 1 atom stereocenters. The monoisotopic (exact) mass is 733 g/mol. The molecule has 0 aliphatic heterocycles. The zero-order chi connectivity index (χ0) is 38.8. The summed E-state index contributed by atoms with van der Waals surface area (Å²) in [5, 5.41) is 0. The van der Waals surface area contributed by atoms with Crippen LogP contribution in [0.1, 0.15) is 85.5 Å². The van der Waals surface area contributed by atoms with Gasteiger partial charge in [-0.1, -0.05) is 174 Å². The molecular weight excluding hydrogens is 687 g/mol. The van der Waals surface area contributed by atoms with Gasteiger partial charge in [0.1, 0.15) is 0 Å². The maximum absolute atomic E-state index is 3.99. The third kappa shape index (κ3) is 4.30. The van der Waals surface area contributed by atoms with Crippen molar-refractivity contribution in [1.29, 1.82) is 0 Å². The number of fused-ring (bicyclic) bond motifs is 14. The highest BCUT2D eigenvalue weighted by molar-refractivity contribution is 6.01. The van der Waals surface area contributed by atoms with Crippen LogP contribution >= 0.6 is 0 Å². The van der Waals surface area contributed by atoms with E-state index in [1.165, 1.54) is 101 Å². The number of hydrogen-bond donors (Lipinski definition) is 0. The van der Waals surface area contributed by atoms with Crippen LogP contribution in [0.2, 0.25) is 0 Å². The number of hydrogen-bond acceptors (Lipinski definition) is 1. The van der Waals surface area contributed by atoms with E-state index in [1.807, 2.05) is 6.08 Å². The summed E-state index contributed by atoms with van der Waals surface area (Å²) in [5.41, 5.74) is 23.7. The van der Waals surface area contributed by atoms with E-state index >= 15 is 0 Å². The fourth-order valence-electron chi connectivity index (χ4n) is 11.9. The highest BCUT2D eigenvalue weighted by Crippen LogP contribution is 2.67. The summed E-state index contributed by atoms with van der Waals surface area (Å²) in [5.74, 6) is 0.274. The Balaban J connectivity index is 1.23. The first-order valence-electron chi connectivity index (χ1n) is 20.6. The first-order valence-corrected chi connectivity index (χ1v) is 20.6. The van der Waals surface area contributed by atoms with Crippen molar-refractivity contribution in [2.75, 3.05) is 4.90 Å². The van der Waals surface area contributed by atoms with Gasteiger partial charge in [0.25, 0.3) is 0 Å². The molecule has 11 rings (SSSR count). The molecule has 0 saturated carbocycles. The van der Waals surface area contributed by atoms with Gasteiger partial charge in [-0.05, 0) is 110 Å². The van der Waals surface area contributed by atoms with Crippen molar-refractivity contribution in [2.24, 2.45) is 5.92 Å². The summed E-state index contributed by atoms with van der Waals surface area (Å²) in [6, 6.07) is 48.9. The van der Waals surface area contributed by atoms with Crippen molar-refractivity contribution < 1.29 is 0 Å². The third-order valence-electron chi connectivity index (χ3n) is 14.3. The Morgan fingerprint density at radius 3 is 1.91 bits per heavy atom. The Bertz CT molecular complexity index is 2820. The van der Waals surface area contributed by atoms with Crippen LogP contribution in [-0.2, 0) is 16.2 Å². The van der Waals surface area contributed by atoms with Gasteiger partial charge in [0.2, 0.25) is 0 Å². The Hall–Kier alpha value is -6.18. The first kappa shape index (κ1) is 34.1. The van der Waals surface area contributed by atoms with E-state index < -0.39 is 0 Å². The van der Waals surface area contributed by atoms with E-state index in [9.17, 15) is 0 Å². The minimum absolute atomic E-state index is 0.122. The van der Waals surface area contributed by atoms with Crippen LogP contribution in [0.15, 0.2) is 176 Å². The van der Waals surface area contributed by atoms with Gasteiger partial charge in [-0.3, -0.25) is 0 Å². The zero-order valence-electron chi connectivity index (χ0n) is 33.5. The van der Waals surface area contributed by atoms with Crippen LogP contribution in [0.5, 0.6) is 0 Å². The molecule has 0 heterocycles. The van der Waals surface area contributed by atoms with Crippen LogP contribution < -0.4 is 4.90 Å². The average Bonchev–Trinajstić information content (AvgIpc) is 3.86. The van der Waals surface area contributed by atoms with Crippen LogP contribution in [0.25, 0.3) is 33.4 Å². The Kier molecular flexibility index (Phi) is 7.13. The molecule has 6 aromatic rings. The third-order valence-corrected chi connectivity index (χ3v) is 14.3. The molecule has 1 nitrogen and oxygen atoms in total. The van der Waals surface area contributed by atoms with Crippen molar-refractivity contribution in [3.8, 4) is 22.3 Å². The molecule has 0 N–H and O–H groups in total. The minimum atomic E-state index is -0.290. The SMILES string of the molecule is C=C/C=C\C1=C(C)c2ccc(N(c3cccc4c3C3=CC=CCC3C43c4ccccc4-c4ccccc43)c3cccc4c3-c3ccccc3C4(C)C)cc2C1(C)C. The summed E-state index contributed by atoms with van der Waals surface area (Å²) in [4.78, 5) is 2.63. The predicted molar refractivity (Wildman–Crippen MR) is 241 cm³/mol. The molecule has 0 amide bonds. The topological polar surface area (TPSA) is 3.24 Å². The van der Waals surface area contributed by atoms with Crippen LogP contribution in [-0.4, -0.2) is 0 Å². The van der Waals surface area contributed by atoms with E-state index in [0.29, 0.717) is 0 Å². The molecule has 57 heavy (non-hydrogen) atoms. The van der Waals surface area contributed by atoms with Crippen LogP contribution in [0.4, 0.5) is 17.1 Å². The lowest BCUT2D eigenvalue weighted by molar-refractivity contribution is 0.494. The zero-order valence-corrected chi connectivity index (χ0v) is 33.5. The van der Waals surface area contributed by atoms with E-state index in [0.717, 1.165) is 6.42 Å². The van der Waals surface area contributed by atoms with E-state index in [4.69, 9.17) is 0 Å². The smallest absolute Gasteiger partial charge is 0.0543 e. The number of anilines is 3. The second-order valence-electron chi connectivity index (χ2n) is 17.6. The van der Waals surface area contributed by atoms with Gasteiger partial charge in [0.15, 0.2) is 0 Å². The minimum Gasteiger partial charge on any atom is -0.309 e. The summed E-state index contributed by atoms with van der Waals surface area (Å²) >= 11 is 0. The molecule has 1 heteroatoms. The maximum atomic E-state index is 3.99. The first-order chi connectivity index (χ1) is 27.7. The van der Waals surface area contributed by atoms with Crippen LogP contribution in [0, 0.1) is 5.92 Å². The lowest BCUT2D eigenvalue weighted by Gasteiger charge is -2.36. The van der Waals surface area contributed by atoms with Gasteiger partial charge >= 0.3 is 0 Å². The average molecular weight is 734 g/mol. The molecular formula is C56H47N. The lowest BCUT2D eigenvalue weighted by Crippen LogP contribution is -2.32. The van der Waals surface area contributed by atoms with Gasteiger partial charge in [-0.2, -0.15) is 0 Å². The van der Waals surface area contributed by atoms with Crippen molar-refractivity contribution in [1.82, 2.24) is 0 Å². The largest absolute Gasteiger partial charge is 0.309 e. The normalized spacial score (nSPS) is 19.1. The van der Waals surface area contributed by atoms with E-state index in [2.05, 4.69) is 204 Å². The predicted octanol–water partition coefficient (Wildman–Crippen LogP) is 14.6.